The Morgan fingerprint density at radius 2 is 2.21 bits per heavy atom. The van der Waals surface area contributed by atoms with E-state index in [9.17, 15) is 13.6 Å². The Hall–Kier alpha value is -1.21. The highest BCUT2D eigenvalue weighted by Gasteiger charge is 2.13. The van der Waals surface area contributed by atoms with E-state index in [-0.39, 0.29) is 11.6 Å². The number of alkyl halides is 2. The van der Waals surface area contributed by atoms with Crippen molar-refractivity contribution in [3.8, 4) is 0 Å². The molecule has 1 amide bonds. The Kier molecular flexibility index (Phi) is 4.71. The second kappa shape index (κ2) is 6.29. The molecule has 0 aliphatic heterocycles. The van der Waals surface area contributed by atoms with Gasteiger partial charge in [-0.2, -0.15) is 0 Å². The van der Waals surface area contributed by atoms with Crippen molar-refractivity contribution >= 4 is 33.2 Å². The number of amides is 1. The highest BCUT2D eigenvalue weighted by atomic mass is 79.9. The average Bonchev–Trinajstić information content (AvgIpc) is 2.94. The number of carbonyl (C=O) groups excluding carboxylic acids is 1. The lowest BCUT2D eigenvalue weighted by atomic mass is 10.3. The van der Waals surface area contributed by atoms with Crippen molar-refractivity contribution in [3.05, 3.63) is 44.8 Å². The lowest BCUT2D eigenvalue weighted by molar-refractivity contribution is 0.0928. The number of thiophene rings is 1. The maximum Gasteiger partial charge on any atom is 0.268 e. The zero-order valence-electron chi connectivity index (χ0n) is 9.78. The number of nitrogens with zero attached hydrogens (tertiary/aromatic N) is 1. The van der Waals surface area contributed by atoms with E-state index in [4.69, 9.17) is 0 Å². The van der Waals surface area contributed by atoms with Crippen LogP contribution in [0.15, 0.2) is 34.2 Å². The summed E-state index contributed by atoms with van der Waals surface area (Å²) in [6.07, 6.45) is -1.00. The first-order chi connectivity index (χ1) is 9.06. The third-order valence-electron chi connectivity index (χ3n) is 2.45. The molecule has 0 aliphatic rings. The van der Waals surface area contributed by atoms with Gasteiger partial charge < -0.3 is 9.88 Å². The fourth-order valence-electron chi connectivity index (χ4n) is 1.63. The minimum atomic E-state index is -2.48. The minimum absolute atomic E-state index is 0.246. The standard InChI is InChI=1S/C12H11BrF2N2OS/c13-10-4-3-8(19-10)6-16-12(18)9-2-1-5-17(9)7-11(14)15/h1-5,11H,6-7H2,(H,16,18). The van der Waals surface area contributed by atoms with Gasteiger partial charge in [-0.05, 0) is 40.2 Å². The average molecular weight is 349 g/mol. The van der Waals surface area contributed by atoms with Gasteiger partial charge in [0, 0.05) is 11.1 Å². The van der Waals surface area contributed by atoms with Crippen LogP contribution in [0.2, 0.25) is 0 Å². The van der Waals surface area contributed by atoms with Crippen molar-refractivity contribution in [2.24, 2.45) is 0 Å². The third kappa shape index (κ3) is 3.87. The summed E-state index contributed by atoms with van der Waals surface area (Å²) in [4.78, 5) is 12.9. The van der Waals surface area contributed by atoms with Crippen LogP contribution in [0.25, 0.3) is 0 Å². The molecular formula is C12H11BrF2N2OS. The zero-order valence-corrected chi connectivity index (χ0v) is 12.2. The molecule has 0 saturated heterocycles. The maximum absolute atomic E-state index is 12.3. The van der Waals surface area contributed by atoms with Crippen molar-refractivity contribution in [1.82, 2.24) is 9.88 Å². The molecule has 0 spiro atoms. The van der Waals surface area contributed by atoms with E-state index in [1.54, 1.807) is 6.07 Å². The molecule has 19 heavy (non-hydrogen) atoms. The molecule has 0 atom stereocenters. The highest BCUT2D eigenvalue weighted by Crippen LogP contribution is 2.21. The summed E-state index contributed by atoms with van der Waals surface area (Å²) in [6, 6.07) is 6.90. The molecule has 2 rings (SSSR count). The largest absolute Gasteiger partial charge is 0.346 e. The van der Waals surface area contributed by atoms with Gasteiger partial charge in [0.25, 0.3) is 12.3 Å². The Labute approximate surface area is 121 Å². The fraction of sp³-hybridized carbons (Fsp3) is 0.250. The fourth-order valence-corrected chi connectivity index (χ4v) is 3.06. The number of nitrogens with one attached hydrogen (secondary N) is 1. The van der Waals surface area contributed by atoms with Crippen molar-refractivity contribution < 1.29 is 13.6 Å². The van der Waals surface area contributed by atoms with Crippen LogP contribution in [0.3, 0.4) is 0 Å². The molecule has 2 aromatic heterocycles. The highest BCUT2D eigenvalue weighted by molar-refractivity contribution is 9.11. The zero-order chi connectivity index (χ0) is 13.8. The summed E-state index contributed by atoms with van der Waals surface area (Å²) >= 11 is 4.85. The molecule has 1 N–H and O–H groups in total. The molecule has 0 unspecified atom stereocenters. The quantitative estimate of drug-likeness (QED) is 0.881. The SMILES string of the molecule is O=C(NCc1ccc(Br)s1)c1cccn1CC(F)F. The van der Waals surface area contributed by atoms with Crippen LogP contribution >= 0.6 is 27.3 Å². The first-order valence-corrected chi connectivity index (χ1v) is 7.13. The Bertz CT molecular complexity index is 568. The van der Waals surface area contributed by atoms with Crippen molar-refractivity contribution in [2.45, 2.75) is 19.5 Å². The monoisotopic (exact) mass is 348 g/mol. The van der Waals surface area contributed by atoms with Gasteiger partial charge >= 0.3 is 0 Å². The Morgan fingerprint density at radius 1 is 1.42 bits per heavy atom. The molecule has 3 nitrogen and oxygen atoms in total. The molecular weight excluding hydrogens is 338 g/mol. The predicted octanol–water partition coefficient (Wildman–Crippen LogP) is 3.51. The predicted molar refractivity (Wildman–Crippen MR) is 73.6 cm³/mol. The molecule has 2 aromatic rings. The molecule has 102 valence electrons. The van der Waals surface area contributed by atoms with Crippen LogP contribution in [-0.4, -0.2) is 16.9 Å². The maximum atomic E-state index is 12.3. The molecule has 0 fully saturated rings. The second-order valence-corrected chi connectivity index (χ2v) is 6.37. The second-order valence-electron chi connectivity index (χ2n) is 3.83. The van der Waals surface area contributed by atoms with Crippen LogP contribution in [0, 0.1) is 0 Å². The van der Waals surface area contributed by atoms with E-state index >= 15 is 0 Å². The first-order valence-electron chi connectivity index (χ1n) is 5.52. The van der Waals surface area contributed by atoms with E-state index in [2.05, 4.69) is 21.2 Å². The summed E-state index contributed by atoms with van der Waals surface area (Å²) < 4.78 is 26.9. The van der Waals surface area contributed by atoms with Gasteiger partial charge in [0.1, 0.15) is 5.69 Å². The number of aromatic nitrogens is 1. The van der Waals surface area contributed by atoms with E-state index in [1.807, 2.05) is 12.1 Å². The molecule has 7 heteroatoms. The lowest BCUT2D eigenvalue weighted by Crippen LogP contribution is -2.25. The number of hydrogen-bond acceptors (Lipinski definition) is 2. The van der Waals surface area contributed by atoms with Crippen molar-refractivity contribution in [1.29, 1.82) is 0 Å². The summed E-state index contributed by atoms with van der Waals surface area (Å²) in [5.74, 6) is -0.352. The minimum Gasteiger partial charge on any atom is -0.346 e. The summed E-state index contributed by atoms with van der Waals surface area (Å²) in [7, 11) is 0. The van der Waals surface area contributed by atoms with E-state index in [0.29, 0.717) is 6.54 Å². The topological polar surface area (TPSA) is 34.0 Å². The molecule has 0 radical (unpaired) electrons. The first kappa shape index (κ1) is 14.2. The third-order valence-corrected chi connectivity index (χ3v) is 4.07. The lowest BCUT2D eigenvalue weighted by Gasteiger charge is -2.08. The number of hydrogen-bond donors (Lipinski definition) is 1. The van der Waals surface area contributed by atoms with Crippen LogP contribution in [0.1, 0.15) is 15.4 Å². The van der Waals surface area contributed by atoms with Gasteiger partial charge in [0.2, 0.25) is 0 Å². The van der Waals surface area contributed by atoms with Gasteiger partial charge in [-0.15, -0.1) is 11.3 Å². The molecule has 0 bridgehead atoms. The molecule has 0 saturated carbocycles. The van der Waals surface area contributed by atoms with Gasteiger partial charge in [0.15, 0.2) is 0 Å². The number of carbonyl (C=O) groups is 1. The summed E-state index contributed by atoms with van der Waals surface area (Å²) in [5, 5.41) is 2.71. The van der Waals surface area contributed by atoms with E-state index in [1.165, 1.54) is 28.2 Å². The van der Waals surface area contributed by atoms with Gasteiger partial charge in [0.05, 0.1) is 16.9 Å². The smallest absolute Gasteiger partial charge is 0.268 e. The summed E-state index contributed by atoms with van der Waals surface area (Å²) in [6.45, 7) is -0.0880. The summed E-state index contributed by atoms with van der Waals surface area (Å²) in [5.41, 5.74) is 0.246. The van der Waals surface area contributed by atoms with E-state index < -0.39 is 13.0 Å². The van der Waals surface area contributed by atoms with Crippen LogP contribution in [0.4, 0.5) is 8.78 Å². The Morgan fingerprint density at radius 3 is 2.84 bits per heavy atom. The molecule has 0 aromatic carbocycles. The normalized spacial score (nSPS) is 10.9. The number of rotatable bonds is 5. The Balaban J connectivity index is 1.98. The van der Waals surface area contributed by atoms with Crippen LogP contribution in [0.5, 0.6) is 0 Å². The van der Waals surface area contributed by atoms with Crippen molar-refractivity contribution in [2.75, 3.05) is 0 Å². The van der Waals surface area contributed by atoms with Gasteiger partial charge in [-0.1, -0.05) is 0 Å². The van der Waals surface area contributed by atoms with Gasteiger partial charge in [-0.3, -0.25) is 4.79 Å². The van der Waals surface area contributed by atoms with Crippen LogP contribution < -0.4 is 5.32 Å². The van der Waals surface area contributed by atoms with E-state index in [0.717, 1.165) is 8.66 Å². The molecule has 2 heterocycles. The number of halogens is 3. The van der Waals surface area contributed by atoms with Gasteiger partial charge in [-0.25, -0.2) is 8.78 Å². The van der Waals surface area contributed by atoms with Crippen LogP contribution in [-0.2, 0) is 13.1 Å². The molecule has 0 aliphatic carbocycles. The van der Waals surface area contributed by atoms with Crippen molar-refractivity contribution in [3.63, 3.8) is 0 Å².